The van der Waals surface area contributed by atoms with E-state index in [1.807, 2.05) is 36.4 Å². The fourth-order valence-corrected chi connectivity index (χ4v) is 7.03. The summed E-state index contributed by atoms with van der Waals surface area (Å²) in [6.45, 7) is 1.24. The summed E-state index contributed by atoms with van der Waals surface area (Å²) in [4.78, 5) is 41.4. The normalized spacial score (nSPS) is 21.5. The van der Waals surface area contributed by atoms with Crippen LogP contribution in [0.15, 0.2) is 52.1 Å². The largest absolute Gasteiger partial charge is 0.465 e. The van der Waals surface area contributed by atoms with E-state index in [0.29, 0.717) is 34.7 Å². The maximum Gasteiger partial charge on any atom is 0.338 e. The van der Waals surface area contributed by atoms with Crippen LogP contribution in [0.5, 0.6) is 0 Å². The van der Waals surface area contributed by atoms with Crippen LogP contribution < -0.4 is 16.6 Å². The summed E-state index contributed by atoms with van der Waals surface area (Å²) >= 11 is 1.42. The van der Waals surface area contributed by atoms with E-state index in [1.165, 1.54) is 28.6 Å². The zero-order chi connectivity index (χ0) is 23.4. The van der Waals surface area contributed by atoms with Crippen molar-refractivity contribution in [1.82, 2.24) is 14.9 Å². The first-order valence-corrected chi connectivity index (χ1v) is 12.5. The lowest BCUT2D eigenvalue weighted by Gasteiger charge is -2.32. The summed E-state index contributed by atoms with van der Waals surface area (Å²) in [6, 6.07) is 13.7. The molecule has 8 heteroatoms. The summed E-state index contributed by atoms with van der Waals surface area (Å²) in [5.74, 6) is 0.425. The zero-order valence-electron chi connectivity index (χ0n) is 18.8. The Labute approximate surface area is 199 Å². The third-order valence-electron chi connectivity index (χ3n) is 7.50. The van der Waals surface area contributed by atoms with Crippen molar-refractivity contribution >= 4 is 37.6 Å². The number of H-pyrrole nitrogens is 1. The van der Waals surface area contributed by atoms with Crippen molar-refractivity contribution in [2.75, 3.05) is 13.7 Å². The summed E-state index contributed by atoms with van der Waals surface area (Å²) in [6.07, 6.45) is 2.52. The first-order valence-electron chi connectivity index (χ1n) is 11.6. The lowest BCUT2D eigenvalue weighted by Crippen LogP contribution is -2.37. The number of fused-ring (bicyclic) bond motifs is 6. The van der Waals surface area contributed by atoms with Crippen LogP contribution in [-0.2, 0) is 17.7 Å². The Hall–Kier alpha value is -3.23. The molecule has 0 spiro atoms. The average Bonchev–Trinajstić information content (AvgIpc) is 3.45. The second-order valence-electron chi connectivity index (χ2n) is 9.18. The highest BCUT2D eigenvalue weighted by Gasteiger charge is 2.41. The molecule has 2 aromatic heterocycles. The quantitative estimate of drug-likeness (QED) is 0.442. The first-order chi connectivity index (χ1) is 16.6. The van der Waals surface area contributed by atoms with Crippen molar-refractivity contribution in [2.24, 2.45) is 5.92 Å². The molecular weight excluding hydrogens is 450 g/mol. The molecule has 2 N–H and O–H groups in total. The molecule has 0 amide bonds. The number of esters is 1. The molecule has 7 nitrogen and oxygen atoms in total. The van der Waals surface area contributed by atoms with Crippen LogP contribution in [0, 0.1) is 5.92 Å². The summed E-state index contributed by atoms with van der Waals surface area (Å²) in [5, 5.41) is 4.54. The van der Waals surface area contributed by atoms with E-state index in [9.17, 15) is 14.4 Å². The zero-order valence-corrected chi connectivity index (χ0v) is 19.6. The Morgan fingerprint density at radius 3 is 2.88 bits per heavy atom. The number of hydrogen-bond donors (Lipinski definition) is 2. The Bertz CT molecular complexity index is 1550. The number of thiophene rings is 1. The lowest BCUT2D eigenvalue weighted by atomic mass is 9.72. The highest BCUT2D eigenvalue weighted by atomic mass is 32.1. The van der Waals surface area contributed by atoms with Crippen molar-refractivity contribution in [3.05, 3.63) is 80.0 Å². The van der Waals surface area contributed by atoms with Crippen molar-refractivity contribution in [1.29, 1.82) is 0 Å². The number of hydrogen-bond acceptors (Lipinski definition) is 6. The number of aromatic amines is 1. The Balaban J connectivity index is 1.32. The average molecular weight is 476 g/mol. The predicted molar refractivity (Wildman–Crippen MR) is 133 cm³/mol. The van der Waals surface area contributed by atoms with Gasteiger partial charge >= 0.3 is 11.7 Å². The number of nitrogens with zero attached hydrogens (tertiary/aromatic N) is 1. The van der Waals surface area contributed by atoms with E-state index in [1.54, 1.807) is 0 Å². The number of ether oxygens (including phenoxy) is 1. The van der Waals surface area contributed by atoms with Gasteiger partial charge in [0.15, 0.2) is 0 Å². The number of carbonyl (C=O) groups excluding carboxylic acids is 1. The van der Waals surface area contributed by atoms with Gasteiger partial charge in [-0.05, 0) is 55.0 Å². The van der Waals surface area contributed by atoms with E-state index >= 15 is 0 Å². The second-order valence-corrected chi connectivity index (χ2v) is 10.2. The molecule has 2 aliphatic rings. The second kappa shape index (κ2) is 8.21. The van der Waals surface area contributed by atoms with Gasteiger partial charge in [-0.3, -0.25) is 9.36 Å². The first kappa shape index (κ1) is 21.3. The van der Waals surface area contributed by atoms with Crippen LogP contribution >= 0.6 is 11.3 Å². The minimum atomic E-state index is -0.368. The highest BCUT2D eigenvalue weighted by molar-refractivity contribution is 7.25. The van der Waals surface area contributed by atoms with Gasteiger partial charge in [0, 0.05) is 28.6 Å². The summed E-state index contributed by atoms with van der Waals surface area (Å²) in [7, 11) is 1.41. The molecule has 1 fully saturated rings. The fourth-order valence-electron chi connectivity index (χ4n) is 5.93. The fraction of sp³-hybridized carbons (Fsp3) is 0.346. The molecule has 0 saturated carbocycles. The molecule has 174 valence electrons. The number of carbonyl (C=O) groups is 1. The van der Waals surface area contributed by atoms with Gasteiger partial charge in [0.2, 0.25) is 0 Å². The Kier molecular flexibility index (Phi) is 5.15. The van der Waals surface area contributed by atoms with Crippen LogP contribution in [0.2, 0.25) is 0 Å². The van der Waals surface area contributed by atoms with Gasteiger partial charge in [-0.25, -0.2) is 9.59 Å². The Morgan fingerprint density at radius 2 is 2.03 bits per heavy atom. The molecule has 34 heavy (non-hydrogen) atoms. The minimum absolute atomic E-state index is 0.126. The van der Waals surface area contributed by atoms with E-state index in [2.05, 4.69) is 16.4 Å². The standard InChI is InChI=1S/C26H25N3O4S/c1-33-25(31)17-7-4-6-16-15(17)10-9-14-13-27-19(21(14)16)11-12-29-24(30)23-22(28-26(29)32)18-5-2-3-8-20(18)34-23/h2-8,14,19,21,27H,9-13H2,1H3,(H,28,32)/t14-,19?,21+/m0/s1. The molecule has 4 aromatic rings. The van der Waals surface area contributed by atoms with Crippen molar-refractivity contribution in [3.8, 4) is 0 Å². The SMILES string of the molecule is COC(=O)c1cccc2c1CC[C@H]1CNC(CCn3c(=O)[nH]c4c(sc5ccccc54)c3=O)[C@@H]21. The van der Waals surface area contributed by atoms with Gasteiger partial charge in [0.1, 0.15) is 4.70 Å². The molecule has 6 rings (SSSR count). The van der Waals surface area contributed by atoms with E-state index in [-0.39, 0.29) is 29.2 Å². The minimum Gasteiger partial charge on any atom is -0.465 e. The molecule has 1 aliphatic carbocycles. The van der Waals surface area contributed by atoms with Crippen molar-refractivity contribution in [3.63, 3.8) is 0 Å². The molecule has 1 saturated heterocycles. The van der Waals surface area contributed by atoms with Gasteiger partial charge in [-0.15, -0.1) is 11.3 Å². The molecule has 3 heterocycles. The maximum atomic E-state index is 13.2. The number of aromatic nitrogens is 2. The number of methoxy groups -OCH3 is 1. The maximum absolute atomic E-state index is 13.2. The highest BCUT2D eigenvalue weighted by Crippen LogP contribution is 2.43. The van der Waals surface area contributed by atoms with Gasteiger partial charge in [-0.1, -0.05) is 30.3 Å². The summed E-state index contributed by atoms with van der Waals surface area (Å²) in [5.41, 5.74) is 2.94. The molecular formula is C26H25N3O4S. The van der Waals surface area contributed by atoms with Crippen molar-refractivity contribution < 1.29 is 9.53 Å². The lowest BCUT2D eigenvalue weighted by molar-refractivity contribution is 0.0598. The van der Waals surface area contributed by atoms with E-state index in [4.69, 9.17) is 4.74 Å². The monoisotopic (exact) mass is 475 g/mol. The van der Waals surface area contributed by atoms with Crippen LogP contribution in [0.1, 0.15) is 40.2 Å². The number of benzene rings is 2. The van der Waals surface area contributed by atoms with Crippen LogP contribution in [0.25, 0.3) is 20.3 Å². The van der Waals surface area contributed by atoms with Crippen LogP contribution in [0.4, 0.5) is 0 Å². The third-order valence-corrected chi connectivity index (χ3v) is 8.66. The van der Waals surface area contributed by atoms with Crippen molar-refractivity contribution in [2.45, 2.75) is 37.8 Å². The smallest absolute Gasteiger partial charge is 0.338 e. The van der Waals surface area contributed by atoms with Gasteiger partial charge in [-0.2, -0.15) is 0 Å². The molecule has 3 atom stereocenters. The molecule has 1 unspecified atom stereocenters. The topological polar surface area (TPSA) is 93.2 Å². The third kappa shape index (κ3) is 3.24. The Morgan fingerprint density at radius 1 is 1.18 bits per heavy atom. The molecule has 2 aromatic carbocycles. The molecule has 0 radical (unpaired) electrons. The number of nitrogens with one attached hydrogen (secondary N) is 2. The predicted octanol–water partition coefficient (Wildman–Crippen LogP) is 3.40. The van der Waals surface area contributed by atoms with Gasteiger partial charge in [0.05, 0.1) is 18.2 Å². The van der Waals surface area contributed by atoms with E-state index in [0.717, 1.165) is 35.0 Å². The van der Waals surface area contributed by atoms with Crippen LogP contribution in [-0.4, -0.2) is 35.2 Å². The molecule has 0 bridgehead atoms. The van der Waals surface area contributed by atoms with E-state index < -0.39 is 0 Å². The molecule has 1 aliphatic heterocycles. The number of rotatable bonds is 4. The van der Waals surface area contributed by atoms with Crippen LogP contribution in [0.3, 0.4) is 0 Å². The van der Waals surface area contributed by atoms with Gasteiger partial charge in [0.25, 0.3) is 5.56 Å². The summed E-state index contributed by atoms with van der Waals surface area (Å²) < 4.78 is 7.91. The van der Waals surface area contributed by atoms with Gasteiger partial charge < -0.3 is 15.0 Å².